The van der Waals surface area contributed by atoms with E-state index in [1.165, 1.54) is 6.07 Å². The standard InChI is InChI=1S/C13H14N4O7/c1-2-24-11(18)7-14-13(19)15-4-3-8-5-9(16(20)21)6-10(12(8)15)17(22)23/h5-6H,2-4,7H2,1H3,(H,14,19). The number of amides is 2. The Balaban J connectivity index is 2.27. The van der Waals surface area contributed by atoms with Crippen molar-refractivity contribution in [2.24, 2.45) is 0 Å². The molecule has 2 amide bonds. The molecule has 0 fully saturated rings. The SMILES string of the molecule is CCOC(=O)CNC(=O)N1CCc2cc([N+](=O)[O-])cc([N+](=O)[O-])c21. The molecular formula is C13H14N4O7. The number of carbonyl (C=O) groups excluding carboxylic acids is 2. The number of benzene rings is 1. The number of anilines is 1. The molecule has 1 aromatic rings. The van der Waals surface area contributed by atoms with Crippen LogP contribution in [0.2, 0.25) is 0 Å². The van der Waals surface area contributed by atoms with E-state index in [0.717, 1.165) is 11.0 Å². The smallest absolute Gasteiger partial charge is 0.325 e. The van der Waals surface area contributed by atoms with Crippen LogP contribution >= 0.6 is 0 Å². The number of rotatable bonds is 5. The Kier molecular flexibility index (Phi) is 4.92. The Hall–Kier alpha value is -3.24. The highest BCUT2D eigenvalue weighted by Crippen LogP contribution is 2.40. The van der Waals surface area contributed by atoms with Crippen molar-refractivity contribution in [2.45, 2.75) is 13.3 Å². The van der Waals surface area contributed by atoms with Gasteiger partial charge in [-0.25, -0.2) is 4.79 Å². The van der Waals surface area contributed by atoms with E-state index >= 15 is 0 Å². The van der Waals surface area contributed by atoms with E-state index in [-0.39, 0.29) is 31.8 Å². The van der Waals surface area contributed by atoms with Crippen molar-refractivity contribution in [1.29, 1.82) is 0 Å². The minimum Gasteiger partial charge on any atom is -0.465 e. The fraction of sp³-hybridized carbons (Fsp3) is 0.385. The van der Waals surface area contributed by atoms with Crippen LogP contribution in [0, 0.1) is 20.2 Å². The van der Waals surface area contributed by atoms with E-state index in [1.807, 2.05) is 0 Å². The van der Waals surface area contributed by atoms with Crippen LogP contribution in [0.3, 0.4) is 0 Å². The van der Waals surface area contributed by atoms with Crippen LogP contribution in [0.5, 0.6) is 0 Å². The number of nitro benzene ring substituents is 2. The lowest BCUT2D eigenvalue weighted by atomic mass is 10.1. The normalized spacial score (nSPS) is 12.5. The first-order chi connectivity index (χ1) is 11.3. The molecule has 2 rings (SSSR count). The number of nitrogens with one attached hydrogen (secondary N) is 1. The summed E-state index contributed by atoms with van der Waals surface area (Å²) in [7, 11) is 0. The van der Waals surface area contributed by atoms with Gasteiger partial charge >= 0.3 is 12.0 Å². The molecule has 1 heterocycles. The van der Waals surface area contributed by atoms with Gasteiger partial charge in [-0.2, -0.15) is 0 Å². The molecule has 0 unspecified atom stereocenters. The minimum absolute atomic E-state index is 0.00644. The lowest BCUT2D eigenvalue weighted by Crippen LogP contribution is -2.41. The van der Waals surface area contributed by atoms with Gasteiger partial charge in [-0.1, -0.05) is 0 Å². The van der Waals surface area contributed by atoms with Gasteiger partial charge in [-0.05, 0) is 18.9 Å². The number of ether oxygens (including phenoxy) is 1. The van der Waals surface area contributed by atoms with Crippen molar-refractivity contribution in [1.82, 2.24) is 5.32 Å². The quantitative estimate of drug-likeness (QED) is 0.481. The Labute approximate surface area is 135 Å². The number of esters is 1. The average molecular weight is 338 g/mol. The summed E-state index contributed by atoms with van der Waals surface area (Å²) in [5.74, 6) is -0.636. The zero-order chi connectivity index (χ0) is 17.9. The summed E-state index contributed by atoms with van der Waals surface area (Å²) in [5, 5.41) is 24.4. The molecule has 0 atom stereocenters. The molecule has 128 valence electrons. The van der Waals surface area contributed by atoms with Crippen molar-refractivity contribution < 1.29 is 24.2 Å². The average Bonchev–Trinajstić information content (AvgIpc) is 2.95. The zero-order valence-electron chi connectivity index (χ0n) is 12.7. The van der Waals surface area contributed by atoms with Crippen molar-refractivity contribution in [3.8, 4) is 0 Å². The fourth-order valence-corrected chi connectivity index (χ4v) is 2.41. The highest BCUT2D eigenvalue weighted by Gasteiger charge is 2.35. The molecule has 1 aliphatic heterocycles. The maximum absolute atomic E-state index is 12.2. The third-order valence-corrected chi connectivity index (χ3v) is 3.37. The summed E-state index contributed by atoms with van der Waals surface area (Å²) in [6, 6.07) is 1.32. The van der Waals surface area contributed by atoms with Gasteiger partial charge in [0, 0.05) is 12.6 Å². The molecule has 0 aliphatic carbocycles. The Morgan fingerprint density at radius 3 is 2.58 bits per heavy atom. The van der Waals surface area contributed by atoms with E-state index in [9.17, 15) is 29.8 Å². The largest absolute Gasteiger partial charge is 0.465 e. The van der Waals surface area contributed by atoms with Gasteiger partial charge in [0.1, 0.15) is 12.2 Å². The van der Waals surface area contributed by atoms with Gasteiger partial charge in [0.15, 0.2) is 0 Å². The zero-order valence-corrected chi connectivity index (χ0v) is 12.7. The predicted molar refractivity (Wildman–Crippen MR) is 80.8 cm³/mol. The lowest BCUT2D eigenvalue weighted by Gasteiger charge is -2.17. The molecule has 1 aromatic carbocycles. The Bertz CT molecular complexity index is 719. The van der Waals surface area contributed by atoms with Crippen molar-refractivity contribution in [2.75, 3.05) is 24.6 Å². The summed E-state index contributed by atoms with van der Waals surface area (Å²) >= 11 is 0. The number of fused-ring (bicyclic) bond motifs is 1. The summed E-state index contributed by atoms with van der Waals surface area (Å²) in [6.07, 6.45) is 0.241. The van der Waals surface area contributed by atoms with Crippen LogP contribution in [0.15, 0.2) is 12.1 Å². The highest BCUT2D eigenvalue weighted by molar-refractivity contribution is 5.98. The fourth-order valence-electron chi connectivity index (χ4n) is 2.41. The van der Waals surface area contributed by atoms with Gasteiger partial charge in [-0.3, -0.25) is 29.9 Å². The van der Waals surface area contributed by atoms with Crippen LogP contribution in [-0.4, -0.2) is 41.5 Å². The van der Waals surface area contributed by atoms with Crippen LogP contribution < -0.4 is 10.2 Å². The lowest BCUT2D eigenvalue weighted by molar-refractivity contribution is -0.393. The Morgan fingerprint density at radius 1 is 1.29 bits per heavy atom. The Morgan fingerprint density at radius 2 is 2.00 bits per heavy atom. The van der Waals surface area contributed by atoms with Gasteiger partial charge in [0.25, 0.3) is 11.4 Å². The third-order valence-electron chi connectivity index (χ3n) is 3.37. The van der Waals surface area contributed by atoms with E-state index < -0.39 is 33.2 Å². The molecule has 0 saturated heterocycles. The van der Waals surface area contributed by atoms with Crippen molar-refractivity contribution in [3.05, 3.63) is 37.9 Å². The summed E-state index contributed by atoms with van der Waals surface area (Å²) in [6.45, 7) is 1.52. The van der Waals surface area contributed by atoms with Crippen LogP contribution in [-0.2, 0) is 16.0 Å². The van der Waals surface area contributed by atoms with Gasteiger partial charge in [-0.15, -0.1) is 0 Å². The molecule has 24 heavy (non-hydrogen) atoms. The number of nitrogens with zero attached hydrogens (tertiary/aromatic N) is 3. The summed E-state index contributed by atoms with van der Waals surface area (Å²) in [5.41, 5.74) is -0.591. The second kappa shape index (κ2) is 6.89. The van der Waals surface area contributed by atoms with E-state index in [0.29, 0.717) is 5.56 Å². The number of urea groups is 1. The third kappa shape index (κ3) is 3.39. The molecule has 0 radical (unpaired) electrons. The van der Waals surface area contributed by atoms with E-state index in [1.54, 1.807) is 6.92 Å². The van der Waals surface area contributed by atoms with Gasteiger partial charge in [0.2, 0.25) is 0 Å². The number of nitro groups is 2. The van der Waals surface area contributed by atoms with Gasteiger partial charge < -0.3 is 10.1 Å². The van der Waals surface area contributed by atoms with Crippen LogP contribution in [0.1, 0.15) is 12.5 Å². The first kappa shape index (κ1) is 17.1. The minimum atomic E-state index is -0.775. The second-order valence-electron chi connectivity index (χ2n) is 4.85. The number of hydrogen-bond donors (Lipinski definition) is 1. The molecule has 11 nitrogen and oxygen atoms in total. The first-order valence-electron chi connectivity index (χ1n) is 7.01. The maximum atomic E-state index is 12.2. The summed E-state index contributed by atoms with van der Waals surface area (Å²) in [4.78, 5) is 45.1. The number of non-ortho nitro benzene ring substituents is 1. The molecule has 1 N–H and O–H groups in total. The molecule has 0 spiro atoms. The first-order valence-corrected chi connectivity index (χ1v) is 7.01. The highest BCUT2D eigenvalue weighted by atomic mass is 16.6. The van der Waals surface area contributed by atoms with Crippen molar-refractivity contribution >= 4 is 29.1 Å². The maximum Gasteiger partial charge on any atom is 0.325 e. The summed E-state index contributed by atoms with van der Waals surface area (Å²) < 4.78 is 4.67. The predicted octanol–water partition coefficient (Wildman–Crippen LogP) is 1.14. The van der Waals surface area contributed by atoms with Crippen molar-refractivity contribution in [3.63, 3.8) is 0 Å². The number of carbonyl (C=O) groups is 2. The van der Waals surface area contributed by atoms with Crippen LogP contribution in [0.25, 0.3) is 0 Å². The monoisotopic (exact) mass is 338 g/mol. The van der Waals surface area contributed by atoms with E-state index in [4.69, 9.17) is 0 Å². The second-order valence-corrected chi connectivity index (χ2v) is 4.85. The van der Waals surface area contributed by atoms with Gasteiger partial charge in [0.05, 0.1) is 22.5 Å². The molecular weight excluding hydrogens is 324 g/mol. The molecule has 0 saturated carbocycles. The molecule has 11 heteroatoms. The molecule has 0 bridgehead atoms. The molecule has 0 aromatic heterocycles. The van der Waals surface area contributed by atoms with Crippen LogP contribution in [0.4, 0.5) is 21.9 Å². The molecule has 1 aliphatic rings. The number of hydrogen-bond acceptors (Lipinski definition) is 7. The topological polar surface area (TPSA) is 145 Å². The van der Waals surface area contributed by atoms with E-state index in [2.05, 4.69) is 10.1 Å².